The van der Waals surface area contributed by atoms with Gasteiger partial charge in [0.2, 0.25) is 0 Å². The van der Waals surface area contributed by atoms with Crippen LogP contribution in [0.4, 0.5) is 15.8 Å². The van der Waals surface area contributed by atoms with Crippen molar-refractivity contribution in [3.05, 3.63) is 59.0 Å². The minimum absolute atomic E-state index is 0.0867. The van der Waals surface area contributed by atoms with Gasteiger partial charge in [-0.15, -0.1) is 0 Å². The van der Waals surface area contributed by atoms with Crippen molar-refractivity contribution in [2.45, 2.75) is 90.4 Å². The van der Waals surface area contributed by atoms with Gasteiger partial charge in [-0.2, -0.15) is 0 Å². The number of Topliss-reactive ketones (excluding diaryl/α,β-unsaturated/α-hetero) is 1. The van der Waals surface area contributed by atoms with Gasteiger partial charge in [0.25, 0.3) is 0 Å². The molecular weight excluding hydrogens is 511 g/mol. The summed E-state index contributed by atoms with van der Waals surface area (Å²) in [6.45, 7) is 4.73. The second-order valence-electron chi connectivity index (χ2n) is 13.1. The largest absolute Gasteiger partial charge is 0.396 e. The first kappa shape index (κ1) is 28.3. The van der Waals surface area contributed by atoms with Gasteiger partial charge in [-0.05, 0) is 96.9 Å². The Bertz CT molecular complexity index is 1340. The van der Waals surface area contributed by atoms with Crippen LogP contribution >= 0.6 is 0 Å². The first-order chi connectivity index (χ1) is 20.0. The number of fused-ring (bicyclic) bond motifs is 2. The van der Waals surface area contributed by atoms with Crippen LogP contribution in [0.25, 0.3) is 11.1 Å². The smallest absolute Gasteiger partial charge is 0.171 e. The lowest BCUT2D eigenvalue weighted by Gasteiger charge is -2.35. The second kappa shape index (κ2) is 12.2. The van der Waals surface area contributed by atoms with E-state index in [0.29, 0.717) is 23.4 Å². The van der Waals surface area contributed by atoms with Crippen molar-refractivity contribution < 1.29 is 14.3 Å². The lowest BCUT2D eigenvalue weighted by molar-refractivity contribution is 0.0753. The molecule has 2 aromatic carbocycles. The number of aliphatic hydroxyl groups excluding tert-OH is 1. The highest BCUT2D eigenvalue weighted by molar-refractivity contribution is 6.05. The SMILES string of the molecule is CCC1C=CNc2c(C(=O)C3CC(CCCO)C3)c(F)cc(-c3ccc4c(c3)N=CC(C(C)C3CCCCC3)C4)c21. The number of hydrogen-bond donors (Lipinski definition) is 2. The van der Waals surface area contributed by atoms with Crippen LogP contribution in [0.2, 0.25) is 0 Å². The van der Waals surface area contributed by atoms with Crippen LogP contribution in [0.5, 0.6) is 0 Å². The molecule has 4 aliphatic rings. The number of anilines is 1. The van der Waals surface area contributed by atoms with E-state index in [9.17, 15) is 4.79 Å². The second-order valence-corrected chi connectivity index (χ2v) is 13.1. The van der Waals surface area contributed by atoms with Crippen LogP contribution in [-0.2, 0) is 6.42 Å². The minimum Gasteiger partial charge on any atom is -0.396 e. The number of aliphatic hydroxyl groups is 1. The van der Waals surface area contributed by atoms with E-state index >= 15 is 4.39 Å². The van der Waals surface area contributed by atoms with Crippen LogP contribution in [-0.4, -0.2) is 23.7 Å². The maximum absolute atomic E-state index is 15.9. The molecule has 6 rings (SSSR count). The molecule has 0 saturated heterocycles. The third-order valence-corrected chi connectivity index (χ3v) is 10.6. The zero-order valence-electron chi connectivity index (χ0n) is 24.7. The molecule has 2 aliphatic heterocycles. The van der Waals surface area contributed by atoms with Crippen LogP contribution in [0.1, 0.15) is 105 Å². The van der Waals surface area contributed by atoms with Crippen molar-refractivity contribution in [3.63, 3.8) is 0 Å². The first-order valence-electron chi connectivity index (χ1n) is 16.1. The Morgan fingerprint density at radius 3 is 2.73 bits per heavy atom. The molecule has 2 N–H and O–H groups in total. The van der Waals surface area contributed by atoms with Gasteiger partial charge in [0.1, 0.15) is 5.82 Å². The number of allylic oxidation sites excluding steroid dienone is 1. The Balaban J connectivity index is 1.29. The fourth-order valence-corrected chi connectivity index (χ4v) is 7.97. The normalized spacial score (nSPS) is 26.0. The number of hydrogen-bond acceptors (Lipinski definition) is 4. The van der Waals surface area contributed by atoms with E-state index in [4.69, 9.17) is 10.1 Å². The van der Waals surface area contributed by atoms with E-state index in [0.717, 1.165) is 66.8 Å². The summed E-state index contributed by atoms with van der Waals surface area (Å²) in [5.41, 5.74) is 5.93. The van der Waals surface area contributed by atoms with Crippen molar-refractivity contribution in [1.82, 2.24) is 0 Å². The van der Waals surface area contributed by atoms with Gasteiger partial charge in [0.05, 0.1) is 16.9 Å². The van der Waals surface area contributed by atoms with Gasteiger partial charge in [0, 0.05) is 30.6 Å². The molecule has 2 saturated carbocycles. The van der Waals surface area contributed by atoms with Crippen molar-refractivity contribution in [2.75, 3.05) is 11.9 Å². The molecule has 0 radical (unpaired) electrons. The first-order valence-corrected chi connectivity index (χ1v) is 16.1. The molecule has 0 aromatic heterocycles. The zero-order chi connectivity index (χ0) is 28.5. The van der Waals surface area contributed by atoms with Crippen molar-refractivity contribution in [1.29, 1.82) is 0 Å². The van der Waals surface area contributed by atoms with Gasteiger partial charge in [-0.25, -0.2) is 4.39 Å². The summed E-state index contributed by atoms with van der Waals surface area (Å²) in [5, 5.41) is 12.4. The molecule has 5 heteroatoms. The predicted octanol–water partition coefficient (Wildman–Crippen LogP) is 9.00. The van der Waals surface area contributed by atoms with Gasteiger partial charge in [-0.1, -0.05) is 64.2 Å². The molecule has 2 aromatic rings. The van der Waals surface area contributed by atoms with Crippen molar-refractivity contribution >= 4 is 23.4 Å². The Labute approximate surface area is 244 Å². The number of nitrogens with one attached hydrogen (secondary N) is 1. The van der Waals surface area contributed by atoms with E-state index in [2.05, 4.69) is 49.7 Å². The molecule has 3 atom stereocenters. The number of nitrogens with zero attached hydrogens (tertiary/aromatic N) is 1. The predicted molar refractivity (Wildman–Crippen MR) is 166 cm³/mol. The quantitative estimate of drug-likeness (QED) is 0.303. The van der Waals surface area contributed by atoms with E-state index < -0.39 is 5.82 Å². The summed E-state index contributed by atoms with van der Waals surface area (Å²) in [4.78, 5) is 18.5. The molecule has 0 amide bonds. The average molecular weight is 557 g/mol. The van der Waals surface area contributed by atoms with Gasteiger partial charge >= 0.3 is 0 Å². The molecule has 2 heterocycles. The number of benzene rings is 2. The summed E-state index contributed by atoms with van der Waals surface area (Å²) < 4.78 is 15.9. The molecule has 3 unspecified atom stereocenters. The fraction of sp³-hybridized carbons (Fsp3) is 0.556. The molecule has 2 fully saturated rings. The number of carbonyl (C=O) groups is 1. The molecule has 218 valence electrons. The highest BCUT2D eigenvalue weighted by Crippen LogP contribution is 2.47. The van der Waals surface area contributed by atoms with Crippen LogP contribution < -0.4 is 5.32 Å². The Hall–Kier alpha value is -2.79. The van der Waals surface area contributed by atoms with Gasteiger partial charge in [-0.3, -0.25) is 9.79 Å². The van der Waals surface area contributed by atoms with E-state index in [1.807, 2.05) is 6.20 Å². The lowest BCUT2D eigenvalue weighted by Crippen LogP contribution is -2.32. The van der Waals surface area contributed by atoms with Crippen LogP contribution in [0.15, 0.2) is 41.5 Å². The van der Waals surface area contributed by atoms with Gasteiger partial charge < -0.3 is 10.4 Å². The fourth-order valence-electron chi connectivity index (χ4n) is 7.97. The average Bonchev–Trinajstić information content (AvgIpc) is 2.99. The third-order valence-electron chi connectivity index (χ3n) is 10.6. The highest BCUT2D eigenvalue weighted by atomic mass is 19.1. The molecule has 0 spiro atoms. The Morgan fingerprint density at radius 1 is 1.17 bits per heavy atom. The van der Waals surface area contributed by atoms with E-state index in [1.165, 1.54) is 37.7 Å². The Morgan fingerprint density at radius 2 is 1.98 bits per heavy atom. The molecule has 41 heavy (non-hydrogen) atoms. The Kier molecular flexibility index (Phi) is 8.44. The zero-order valence-corrected chi connectivity index (χ0v) is 24.7. The van der Waals surface area contributed by atoms with E-state index in [-0.39, 0.29) is 29.8 Å². The monoisotopic (exact) mass is 556 g/mol. The maximum Gasteiger partial charge on any atom is 0.171 e. The maximum atomic E-state index is 15.9. The molecule has 4 nitrogen and oxygen atoms in total. The number of halogens is 1. The van der Waals surface area contributed by atoms with Crippen LogP contribution in [0.3, 0.4) is 0 Å². The van der Waals surface area contributed by atoms with Crippen molar-refractivity contribution in [3.8, 4) is 11.1 Å². The van der Waals surface area contributed by atoms with Crippen LogP contribution in [0, 0.1) is 35.4 Å². The standard InChI is InChI=1S/C36H45FN2O2/c1-3-24-13-14-38-35-33(24)30(20-31(37)34(35)36(41)28-16-23(17-28)8-7-15-40)26-11-12-27-18-29(21-39-32(27)19-26)22(2)25-9-5-4-6-10-25/h11-14,19-25,28-29,38,40H,3-10,15-18H2,1-2H3. The number of carbonyl (C=O) groups excluding carboxylic acids is 1. The number of rotatable bonds is 9. The summed E-state index contributed by atoms with van der Waals surface area (Å²) in [5.74, 6) is 1.80. The number of ketones is 1. The molecule has 2 aliphatic carbocycles. The number of aliphatic imine (C=N–C) groups is 1. The highest BCUT2D eigenvalue weighted by Gasteiger charge is 2.38. The minimum atomic E-state index is -0.442. The van der Waals surface area contributed by atoms with Crippen molar-refractivity contribution in [2.24, 2.45) is 34.6 Å². The third kappa shape index (κ3) is 5.55. The summed E-state index contributed by atoms with van der Waals surface area (Å²) >= 11 is 0. The summed E-state index contributed by atoms with van der Waals surface area (Å²) in [6.07, 6.45) is 18.1. The summed E-state index contributed by atoms with van der Waals surface area (Å²) in [7, 11) is 0. The lowest BCUT2D eigenvalue weighted by atomic mass is 9.69. The molecule has 0 bridgehead atoms. The van der Waals surface area contributed by atoms with Gasteiger partial charge in [0.15, 0.2) is 5.78 Å². The summed E-state index contributed by atoms with van der Waals surface area (Å²) in [6, 6.07) is 8.03. The topological polar surface area (TPSA) is 61.7 Å². The van der Waals surface area contributed by atoms with E-state index in [1.54, 1.807) is 6.07 Å². The molecular formula is C36H45FN2O2.